The van der Waals surface area contributed by atoms with Crippen LogP contribution in [0.2, 0.25) is 0 Å². The van der Waals surface area contributed by atoms with Gasteiger partial charge >= 0.3 is 0 Å². The molecule has 1 rings (SSSR count). The molecule has 0 spiro atoms. The minimum atomic E-state index is 0.879. The number of methoxy groups -OCH3 is 2. The third kappa shape index (κ3) is 2.44. The van der Waals surface area contributed by atoms with Crippen LogP contribution in [0, 0.1) is 0 Å². The van der Waals surface area contributed by atoms with Crippen molar-refractivity contribution in [1.29, 1.82) is 0 Å². The van der Waals surface area contributed by atoms with Crippen molar-refractivity contribution in [3.63, 3.8) is 0 Å². The summed E-state index contributed by atoms with van der Waals surface area (Å²) < 4.78 is 11.4. The standard InChI is InChI=1S/C9H20NO2/c1-11-8-6-10(4-3-5-10)7-9-12-2/h3-9H2,1-2H3/q+1. The molecule has 0 amide bonds. The highest BCUT2D eigenvalue weighted by Crippen LogP contribution is 2.18. The van der Waals surface area contributed by atoms with Crippen molar-refractivity contribution in [3.05, 3.63) is 0 Å². The molecule has 0 radical (unpaired) electrons. The normalized spacial score (nSPS) is 20.5. The lowest BCUT2D eigenvalue weighted by Crippen LogP contribution is -2.60. The number of quaternary nitrogens is 1. The fourth-order valence-electron chi connectivity index (χ4n) is 1.73. The Labute approximate surface area is 74.8 Å². The van der Waals surface area contributed by atoms with E-state index in [1.54, 1.807) is 14.2 Å². The molecule has 1 fully saturated rings. The minimum Gasteiger partial charge on any atom is -0.379 e. The zero-order valence-corrected chi connectivity index (χ0v) is 8.21. The van der Waals surface area contributed by atoms with Crippen molar-refractivity contribution in [2.75, 3.05) is 53.6 Å². The van der Waals surface area contributed by atoms with Gasteiger partial charge in [0.2, 0.25) is 0 Å². The molecule has 12 heavy (non-hydrogen) atoms. The minimum absolute atomic E-state index is 0.879. The average Bonchev–Trinajstić information content (AvgIpc) is 2.02. The number of ether oxygens (including phenoxy) is 2. The Morgan fingerprint density at radius 3 is 1.75 bits per heavy atom. The molecule has 0 aromatic carbocycles. The third-order valence-electron chi connectivity index (χ3n) is 2.80. The highest BCUT2D eigenvalue weighted by molar-refractivity contribution is 4.55. The van der Waals surface area contributed by atoms with Crippen LogP contribution < -0.4 is 0 Å². The summed E-state index contributed by atoms with van der Waals surface area (Å²) in [7, 11) is 3.54. The van der Waals surface area contributed by atoms with Gasteiger partial charge < -0.3 is 14.0 Å². The number of hydrogen-bond donors (Lipinski definition) is 0. The van der Waals surface area contributed by atoms with Gasteiger partial charge in [-0.05, 0) is 0 Å². The Kier molecular flexibility index (Phi) is 3.98. The summed E-state index contributed by atoms with van der Waals surface area (Å²) in [6.45, 7) is 6.69. The summed E-state index contributed by atoms with van der Waals surface area (Å²) in [6.07, 6.45) is 1.37. The molecule has 72 valence electrons. The van der Waals surface area contributed by atoms with Crippen LogP contribution >= 0.6 is 0 Å². The van der Waals surface area contributed by atoms with Gasteiger partial charge in [0.1, 0.15) is 13.1 Å². The van der Waals surface area contributed by atoms with Gasteiger partial charge in [-0.1, -0.05) is 0 Å². The van der Waals surface area contributed by atoms with Crippen LogP contribution in [0.4, 0.5) is 0 Å². The highest BCUT2D eigenvalue weighted by atomic mass is 16.5. The van der Waals surface area contributed by atoms with E-state index < -0.39 is 0 Å². The maximum atomic E-state index is 5.10. The molecule has 1 saturated heterocycles. The Bertz CT molecular complexity index is 114. The Hall–Kier alpha value is -0.120. The van der Waals surface area contributed by atoms with E-state index in [1.165, 1.54) is 24.0 Å². The number of hydrogen-bond acceptors (Lipinski definition) is 2. The van der Waals surface area contributed by atoms with Gasteiger partial charge in [0.15, 0.2) is 0 Å². The third-order valence-corrected chi connectivity index (χ3v) is 2.80. The lowest BCUT2D eigenvalue weighted by Gasteiger charge is -2.45. The average molecular weight is 174 g/mol. The van der Waals surface area contributed by atoms with Crippen molar-refractivity contribution in [1.82, 2.24) is 0 Å². The molecule has 0 aromatic rings. The van der Waals surface area contributed by atoms with E-state index in [0.717, 1.165) is 26.3 Å². The van der Waals surface area contributed by atoms with Crippen molar-refractivity contribution in [2.24, 2.45) is 0 Å². The van der Waals surface area contributed by atoms with Crippen molar-refractivity contribution < 1.29 is 14.0 Å². The van der Waals surface area contributed by atoms with Crippen molar-refractivity contribution in [3.8, 4) is 0 Å². The van der Waals surface area contributed by atoms with Gasteiger partial charge in [0.25, 0.3) is 0 Å². The topological polar surface area (TPSA) is 18.5 Å². The second kappa shape index (κ2) is 4.80. The van der Waals surface area contributed by atoms with Crippen LogP contribution in [0.3, 0.4) is 0 Å². The summed E-state index contributed by atoms with van der Waals surface area (Å²) in [5, 5.41) is 0. The molecule has 1 aliphatic rings. The van der Waals surface area contributed by atoms with Crippen LogP contribution in [-0.2, 0) is 9.47 Å². The van der Waals surface area contributed by atoms with Crippen LogP contribution in [0.15, 0.2) is 0 Å². The van der Waals surface area contributed by atoms with Gasteiger partial charge in [-0.15, -0.1) is 0 Å². The maximum Gasteiger partial charge on any atom is 0.102 e. The maximum absolute atomic E-state index is 5.10. The zero-order valence-electron chi connectivity index (χ0n) is 8.21. The monoisotopic (exact) mass is 174 g/mol. The van der Waals surface area contributed by atoms with Crippen LogP contribution in [0.1, 0.15) is 6.42 Å². The van der Waals surface area contributed by atoms with E-state index >= 15 is 0 Å². The Morgan fingerprint density at radius 1 is 1.00 bits per heavy atom. The van der Waals surface area contributed by atoms with Gasteiger partial charge in [-0.25, -0.2) is 0 Å². The first-order valence-corrected chi connectivity index (χ1v) is 4.66. The van der Waals surface area contributed by atoms with Crippen molar-refractivity contribution in [2.45, 2.75) is 6.42 Å². The summed E-state index contributed by atoms with van der Waals surface area (Å²) >= 11 is 0. The molecular formula is C9H20NO2+. The fourth-order valence-corrected chi connectivity index (χ4v) is 1.73. The molecule has 3 nitrogen and oxygen atoms in total. The van der Waals surface area contributed by atoms with Gasteiger partial charge in [0.05, 0.1) is 26.3 Å². The summed E-state index contributed by atoms with van der Waals surface area (Å²) in [4.78, 5) is 0. The van der Waals surface area contributed by atoms with E-state index in [9.17, 15) is 0 Å². The van der Waals surface area contributed by atoms with Gasteiger partial charge in [-0.2, -0.15) is 0 Å². The summed E-state index contributed by atoms with van der Waals surface area (Å²) in [6, 6.07) is 0. The Balaban J connectivity index is 2.19. The SMILES string of the molecule is COCC[N+]1(CCOC)CCC1. The molecule has 0 saturated carbocycles. The highest BCUT2D eigenvalue weighted by Gasteiger charge is 2.34. The van der Waals surface area contributed by atoms with E-state index in [2.05, 4.69) is 0 Å². The van der Waals surface area contributed by atoms with E-state index in [-0.39, 0.29) is 0 Å². The number of nitrogens with zero attached hydrogens (tertiary/aromatic N) is 1. The Morgan fingerprint density at radius 2 is 1.50 bits per heavy atom. The second-order valence-corrected chi connectivity index (χ2v) is 3.58. The summed E-state index contributed by atoms with van der Waals surface area (Å²) in [5.74, 6) is 0. The fraction of sp³-hybridized carbons (Fsp3) is 1.00. The smallest absolute Gasteiger partial charge is 0.102 e. The van der Waals surface area contributed by atoms with Crippen LogP contribution in [-0.4, -0.2) is 58.1 Å². The molecule has 1 heterocycles. The molecule has 3 heteroatoms. The van der Waals surface area contributed by atoms with Crippen molar-refractivity contribution >= 4 is 0 Å². The van der Waals surface area contributed by atoms with E-state index in [0.29, 0.717) is 0 Å². The quantitative estimate of drug-likeness (QED) is 0.546. The molecule has 0 unspecified atom stereocenters. The largest absolute Gasteiger partial charge is 0.379 e. The molecule has 0 bridgehead atoms. The number of rotatable bonds is 6. The molecular weight excluding hydrogens is 154 g/mol. The summed E-state index contributed by atoms with van der Waals surface area (Å²) in [5.41, 5.74) is 0. The van der Waals surface area contributed by atoms with E-state index in [4.69, 9.17) is 9.47 Å². The lowest BCUT2D eigenvalue weighted by atomic mass is 10.1. The van der Waals surface area contributed by atoms with Gasteiger partial charge in [0, 0.05) is 20.6 Å². The number of likely N-dealkylation sites (tertiary alicyclic amines) is 1. The first kappa shape index (κ1) is 9.96. The van der Waals surface area contributed by atoms with E-state index in [1.807, 2.05) is 0 Å². The van der Waals surface area contributed by atoms with Crippen LogP contribution in [0.25, 0.3) is 0 Å². The van der Waals surface area contributed by atoms with Gasteiger partial charge in [-0.3, -0.25) is 0 Å². The second-order valence-electron chi connectivity index (χ2n) is 3.58. The molecule has 1 aliphatic heterocycles. The molecule has 0 aromatic heterocycles. The molecule has 0 atom stereocenters. The predicted octanol–water partition coefficient (Wildman–Crippen LogP) is 0.500. The molecule has 0 N–H and O–H groups in total. The van der Waals surface area contributed by atoms with Crippen LogP contribution in [0.5, 0.6) is 0 Å². The first-order chi connectivity index (χ1) is 5.83. The molecule has 0 aliphatic carbocycles. The lowest BCUT2D eigenvalue weighted by molar-refractivity contribution is -0.964. The predicted molar refractivity (Wildman–Crippen MR) is 48.1 cm³/mol. The first-order valence-electron chi connectivity index (χ1n) is 4.66. The zero-order chi connectivity index (χ0) is 8.86.